The molecule has 2 aromatic carbocycles. The summed E-state index contributed by atoms with van der Waals surface area (Å²) >= 11 is 6.03. The Hall–Kier alpha value is -2.44. The minimum Gasteiger partial charge on any atom is -0.508 e. The summed E-state index contributed by atoms with van der Waals surface area (Å²) in [6.07, 6.45) is 0. The molecule has 2 rings (SSSR count). The summed E-state index contributed by atoms with van der Waals surface area (Å²) < 4.78 is 5.67. The van der Waals surface area contributed by atoms with E-state index in [1.54, 1.807) is 25.1 Å². The lowest BCUT2D eigenvalue weighted by Crippen LogP contribution is -2.34. The number of halogens is 1. The first-order valence-corrected chi connectivity index (χ1v) is 6.86. The first kappa shape index (κ1) is 15.9. The van der Waals surface area contributed by atoms with E-state index in [0.29, 0.717) is 22.0 Å². The van der Waals surface area contributed by atoms with E-state index in [-0.39, 0.29) is 12.4 Å². The highest BCUT2D eigenvalue weighted by Gasteiger charge is 2.09. The van der Waals surface area contributed by atoms with Gasteiger partial charge in [-0.3, -0.25) is 5.43 Å². The Kier molecular flexibility index (Phi) is 5.08. The third-order valence-corrected chi connectivity index (χ3v) is 3.33. The Bertz CT molecular complexity index is 692. The Labute approximate surface area is 132 Å². The number of hydrogen-bond donors (Lipinski definition) is 4. The molecule has 2 aromatic rings. The van der Waals surface area contributed by atoms with Gasteiger partial charge in [-0.05, 0) is 24.6 Å². The van der Waals surface area contributed by atoms with Gasteiger partial charge in [-0.1, -0.05) is 29.8 Å². The molecule has 0 radical (unpaired) electrons. The Morgan fingerprint density at radius 1 is 1.36 bits per heavy atom. The van der Waals surface area contributed by atoms with Crippen LogP contribution in [0.5, 0.6) is 11.5 Å². The number of carbonyl (C=O) groups excluding carboxylic acids is 1. The number of hydrazine groups is 1. The minimum atomic E-state index is -0.522. The third kappa shape index (κ3) is 3.81. The first-order chi connectivity index (χ1) is 10.5. The number of rotatable bonds is 4. The molecule has 6 nitrogen and oxygen atoms in total. The third-order valence-electron chi connectivity index (χ3n) is 3.03. The zero-order valence-corrected chi connectivity index (χ0v) is 12.6. The molecule has 0 saturated carbocycles. The van der Waals surface area contributed by atoms with Crippen LogP contribution in [0.4, 0.5) is 10.5 Å². The van der Waals surface area contributed by atoms with Gasteiger partial charge in [0.2, 0.25) is 0 Å². The lowest BCUT2D eigenvalue weighted by molar-refractivity contribution is 0.252. The van der Waals surface area contributed by atoms with E-state index >= 15 is 0 Å². The molecule has 7 heteroatoms. The number of anilines is 1. The van der Waals surface area contributed by atoms with Crippen molar-refractivity contribution in [3.8, 4) is 11.5 Å². The van der Waals surface area contributed by atoms with Crippen molar-refractivity contribution in [2.45, 2.75) is 13.5 Å². The Morgan fingerprint density at radius 2 is 2.09 bits per heavy atom. The van der Waals surface area contributed by atoms with Gasteiger partial charge in [0.05, 0.1) is 5.02 Å². The molecule has 0 spiro atoms. The number of carbonyl (C=O) groups is 1. The van der Waals surface area contributed by atoms with Crippen molar-refractivity contribution >= 4 is 23.3 Å². The first-order valence-electron chi connectivity index (χ1n) is 6.48. The number of phenolic OH excluding ortho intramolecular Hbond substituents is 1. The molecule has 0 unspecified atom stereocenters. The van der Waals surface area contributed by atoms with Crippen molar-refractivity contribution in [1.82, 2.24) is 5.43 Å². The van der Waals surface area contributed by atoms with Crippen LogP contribution in [0.2, 0.25) is 5.02 Å². The van der Waals surface area contributed by atoms with E-state index in [2.05, 4.69) is 5.32 Å². The number of nitrogens with one attached hydrogen (secondary N) is 2. The van der Waals surface area contributed by atoms with Crippen molar-refractivity contribution in [2.75, 3.05) is 5.32 Å². The number of hydrogen-bond acceptors (Lipinski definition) is 4. The van der Waals surface area contributed by atoms with Crippen LogP contribution in [0.1, 0.15) is 11.1 Å². The second-order valence-electron chi connectivity index (χ2n) is 4.61. The molecular formula is C15H16ClN3O3. The van der Waals surface area contributed by atoms with Crippen molar-refractivity contribution in [3.05, 3.63) is 52.5 Å². The molecule has 5 N–H and O–H groups in total. The number of amides is 2. The number of nitrogens with two attached hydrogens (primary N) is 1. The summed E-state index contributed by atoms with van der Waals surface area (Å²) in [7, 11) is 0. The van der Waals surface area contributed by atoms with Crippen molar-refractivity contribution in [2.24, 2.45) is 5.84 Å². The molecule has 0 aliphatic carbocycles. The highest BCUT2D eigenvalue weighted by Crippen LogP contribution is 2.32. The fraction of sp³-hybridized carbons (Fsp3) is 0.133. The lowest BCUT2D eigenvalue weighted by Gasteiger charge is -2.13. The van der Waals surface area contributed by atoms with Crippen LogP contribution in [0, 0.1) is 6.92 Å². The summed E-state index contributed by atoms with van der Waals surface area (Å²) in [6, 6.07) is 9.72. The van der Waals surface area contributed by atoms with E-state index in [1.165, 1.54) is 6.07 Å². The molecule has 22 heavy (non-hydrogen) atoms. The van der Waals surface area contributed by atoms with Crippen LogP contribution in [0.3, 0.4) is 0 Å². The van der Waals surface area contributed by atoms with E-state index in [4.69, 9.17) is 22.2 Å². The van der Waals surface area contributed by atoms with E-state index in [1.807, 2.05) is 17.6 Å². The Morgan fingerprint density at radius 3 is 2.82 bits per heavy atom. The zero-order chi connectivity index (χ0) is 16.1. The van der Waals surface area contributed by atoms with Crippen LogP contribution < -0.4 is 21.3 Å². The summed E-state index contributed by atoms with van der Waals surface area (Å²) in [4.78, 5) is 11.3. The fourth-order valence-electron chi connectivity index (χ4n) is 1.84. The molecule has 0 saturated heterocycles. The van der Waals surface area contributed by atoms with Gasteiger partial charge < -0.3 is 15.2 Å². The van der Waals surface area contributed by atoms with Crippen LogP contribution >= 0.6 is 11.6 Å². The number of aryl methyl sites for hydroxylation is 1. The molecule has 0 aliphatic heterocycles. The van der Waals surface area contributed by atoms with Gasteiger partial charge in [-0.2, -0.15) is 0 Å². The van der Waals surface area contributed by atoms with Gasteiger partial charge in [0.15, 0.2) is 0 Å². The quantitative estimate of drug-likeness (QED) is 0.395. The van der Waals surface area contributed by atoms with Gasteiger partial charge in [0, 0.05) is 17.3 Å². The number of para-hydroxylation sites is 1. The number of phenols is 1. The van der Waals surface area contributed by atoms with Gasteiger partial charge in [0.1, 0.15) is 18.1 Å². The van der Waals surface area contributed by atoms with E-state index in [0.717, 1.165) is 5.56 Å². The maximum Gasteiger partial charge on any atom is 0.333 e. The Balaban J connectivity index is 2.15. The van der Waals surface area contributed by atoms with Crippen molar-refractivity contribution in [3.63, 3.8) is 0 Å². The molecule has 2 amide bonds. The fourth-order valence-corrected chi connectivity index (χ4v) is 2.05. The highest BCUT2D eigenvalue weighted by atomic mass is 35.5. The van der Waals surface area contributed by atoms with Crippen LogP contribution in [0.15, 0.2) is 36.4 Å². The number of benzene rings is 2. The van der Waals surface area contributed by atoms with Crippen LogP contribution in [-0.4, -0.2) is 11.1 Å². The van der Waals surface area contributed by atoms with Crippen molar-refractivity contribution in [1.29, 1.82) is 0 Å². The zero-order valence-electron chi connectivity index (χ0n) is 11.9. The predicted octanol–water partition coefficient (Wildman–Crippen LogP) is 2.93. The van der Waals surface area contributed by atoms with Crippen LogP contribution in [0.25, 0.3) is 0 Å². The monoisotopic (exact) mass is 321 g/mol. The highest BCUT2D eigenvalue weighted by molar-refractivity contribution is 6.32. The summed E-state index contributed by atoms with van der Waals surface area (Å²) in [5.41, 5.74) is 4.00. The van der Waals surface area contributed by atoms with Gasteiger partial charge >= 0.3 is 6.03 Å². The largest absolute Gasteiger partial charge is 0.508 e. The summed E-state index contributed by atoms with van der Waals surface area (Å²) in [5.74, 6) is 5.62. The molecule has 0 bridgehead atoms. The molecular weight excluding hydrogens is 306 g/mol. The average molecular weight is 322 g/mol. The normalized spacial score (nSPS) is 10.1. The lowest BCUT2D eigenvalue weighted by atomic mass is 10.2. The van der Waals surface area contributed by atoms with Crippen LogP contribution in [-0.2, 0) is 6.61 Å². The molecule has 0 fully saturated rings. The molecule has 0 aromatic heterocycles. The smallest absolute Gasteiger partial charge is 0.333 e. The van der Waals surface area contributed by atoms with Crippen molar-refractivity contribution < 1.29 is 14.6 Å². The van der Waals surface area contributed by atoms with E-state index < -0.39 is 6.03 Å². The molecule has 0 aliphatic rings. The van der Waals surface area contributed by atoms with E-state index in [9.17, 15) is 9.90 Å². The number of urea groups is 1. The second kappa shape index (κ2) is 7.02. The maximum atomic E-state index is 11.3. The SMILES string of the molecule is Cc1cc(OCc2ccccc2NC(=O)NN)c(Cl)cc1O. The maximum absolute atomic E-state index is 11.3. The number of ether oxygens (including phenoxy) is 1. The minimum absolute atomic E-state index is 0.110. The standard InChI is InChI=1S/C15H16ClN3O3/c1-9-6-14(11(16)7-13(9)20)22-8-10-4-2-3-5-12(10)18-15(21)19-17/h2-7,20H,8,17H2,1H3,(H2,18,19,21). The summed E-state index contributed by atoms with van der Waals surface area (Å²) in [6.45, 7) is 1.95. The predicted molar refractivity (Wildman–Crippen MR) is 85.0 cm³/mol. The van der Waals surface area contributed by atoms with Gasteiger partial charge in [-0.25, -0.2) is 10.6 Å². The molecule has 0 atom stereocenters. The van der Waals surface area contributed by atoms with Gasteiger partial charge in [-0.15, -0.1) is 0 Å². The van der Waals surface area contributed by atoms with Gasteiger partial charge in [0.25, 0.3) is 0 Å². The topological polar surface area (TPSA) is 96.6 Å². The number of aromatic hydroxyl groups is 1. The average Bonchev–Trinajstić information content (AvgIpc) is 2.50. The summed E-state index contributed by atoms with van der Waals surface area (Å²) in [5, 5.41) is 12.5. The molecule has 0 heterocycles. The second-order valence-corrected chi connectivity index (χ2v) is 5.02. The molecule has 116 valence electrons.